The average molecular weight is 222 g/mol. The number of carbonyl (C=O) groups is 2. The second kappa shape index (κ2) is 7.05. The molecule has 0 fully saturated rings. The number of carboxylic acids is 1. The first-order chi connectivity index (χ1) is 7.43. The van der Waals surface area contributed by atoms with Gasteiger partial charge in [-0.25, -0.2) is 4.79 Å². The average Bonchev–Trinajstić information content (AvgIpc) is 2.17. The fourth-order valence-electron chi connectivity index (χ4n) is 0.797. The Bertz CT molecular complexity index is 381. The quantitative estimate of drug-likeness (QED) is 0.641. The second-order valence-corrected chi connectivity index (χ2v) is 2.96. The number of allylic oxidation sites excluding steroid dienone is 1. The summed E-state index contributed by atoms with van der Waals surface area (Å²) in [6.07, 6.45) is 0.944. The number of amides is 1. The predicted molar refractivity (Wildman–Crippen MR) is 60.5 cm³/mol. The normalized spacial score (nSPS) is 9.94. The molecular weight excluding hydrogens is 208 g/mol. The number of primary amides is 1. The number of carboxylic acid groups (broad SMARTS) is 1. The van der Waals surface area contributed by atoms with Crippen LogP contribution in [-0.2, 0) is 4.79 Å². The summed E-state index contributed by atoms with van der Waals surface area (Å²) in [4.78, 5) is 20.1. The number of rotatable bonds is 2. The van der Waals surface area contributed by atoms with Crippen LogP contribution in [0.3, 0.4) is 0 Å². The minimum absolute atomic E-state index is 0.313. The molecule has 0 heterocycles. The maximum absolute atomic E-state index is 10.4. The van der Waals surface area contributed by atoms with Crippen molar-refractivity contribution in [1.29, 1.82) is 0 Å². The lowest BCUT2D eigenvalue weighted by atomic mass is 10.2. The molecule has 0 saturated carbocycles. The van der Waals surface area contributed by atoms with Gasteiger partial charge < -0.3 is 16.6 Å². The van der Waals surface area contributed by atoms with Crippen molar-refractivity contribution < 1.29 is 14.7 Å². The Hall–Kier alpha value is -2.30. The van der Waals surface area contributed by atoms with Gasteiger partial charge >= 0.3 is 5.97 Å². The Labute approximate surface area is 93.4 Å². The van der Waals surface area contributed by atoms with Gasteiger partial charge in [-0.2, -0.15) is 0 Å². The van der Waals surface area contributed by atoms with E-state index in [0.717, 1.165) is 6.08 Å². The van der Waals surface area contributed by atoms with Gasteiger partial charge in [0, 0.05) is 17.3 Å². The highest BCUT2D eigenvalue weighted by Gasteiger charge is 1.93. The third-order valence-corrected chi connectivity index (χ3v) is 1.41. The molecule has 0 aromatic heterocycles. The number of carbonyl (C=O) groups excluding carboxylic acids is 1. The van der Waals surface area contributed by atoms with Crippen molar-refractivity contribution in [3.05, 3.63) is 47.7 Å². The molecule has 0 aliphatic carbocycles. The van der Waals surface area contributed by atoms with E-state index in [0.29, 0.717) is 11.3 Å². The Morgan fingerprint density at radius 3 is 1.88 bits per heavy atom. The van der Waals surface area contributed by atoms with E-state index in [1.54, 1.807) is 24.3 Å². The van der Waals surface area contributed by atoms with Crippen molar-refractivity contribution in [2.75, 3.05) is 0 Å². The van der Waals surface area contributed by atoms with Gasteiger partial charge in [-0.15, -0.1) is 0 Å². The summed E-state index contributed by atoms with van der Waals surface area (Å²) in [5.41, 5.74) is 10.8. The molecule has 5 nitrogen and oxygen atoms in total. The molecule has 1 aromatic rings. The van der Waals surface area contributed by atoms with Crippen LogP contribution in [0.25, 0.3) is 0 Å². The topological polar surface area (TPSA) is 106 Å². The van der Waals surface area contributed by atoms with E-state index in [1.807, 2.05) is 6.07 Å². The van der Waals surface area contributed by atoms with Crippen molar-refractivity contribution in [1.82, 2.24) is 0 Å². The summed E-state index contributed by atoms with van der Waals surface area (Å²) in [5, 5.41) is 7.93. The van der Waals surface area contributed by atoms with E-state index < -0.39 is 5.97 Å². The van der Waals surface area contributed by atoms with E-state index in [-0.39, 0.29) is 5.91 Å². The molecule has 5 heteroatoms. The SMILES string of the molecule is C/C(N)=C/C(=O)O.NC(=O)c1ccccc1. The van der Waals surface area contributed by atoms with Gasteiger partial charge in [-0.3, -0.25) is 4.79 Å². The van der Waals surface area contributed by atoms with Crippen LogP contribution in [0.2, 0.25) is 0 Å². The zero-order valence-electron chi connectivity index (χ0n) is 8.88. The number of hydrogen-bond donors (Lipinski definition) is 3. The van der Waals surface area contributed by atoms with Crippen molar-refractivity contribution in [2.24, 2.45) is 11.5 Å². The van der Waals surface area contributed by atoms with Gasteiger partial charge in [0.25, 0.3) is 0 Å². The third-order valence-electron chi connectivity index (χ3n) is 1.41. The maximum atomic E-state index is 10.4. The second-order valence-electron chi connectivity index (χ2n) is 2.96. The number of benzene rings is 1. The standard InChI is InChI=1S/C7H7NO.C4H7NO2/c8-7(9)6-4-2-1-3-5-6;1-3(5)2-4(6)7/h1-5H,(H2,8,9);2H,5H2,1H3,(H,6,7)/b;3-2-. The van der Waals surface area contributed by atoms with Crippen LogP contribution in [0.1, 0.15) is 17.3 Å². The lowest BCUT2D eigenvalue weighted by molar-refractivity contribution is -0.131. The molecule has 0 atom stereocenters. The highest BCUT2D eigenvalue weighted by atomic mass is 16.4. The molecule has 1 amide bonds. The minimum atomic E-state index is -1.000. The molecule has 0 bridgehead atoms. The van der Waals surface area contributed by atoms with Gasteiger partial charge in [0.1, 0.15) is 0 Å². The van der Waals surface area contributed by atoms with Crippen LogP contribution in [0.5, 0.6) is 0 Å². The summed E-state index contributed by atoms with van der Waals surface area (Å²) in [7, 11) is 0. The largest absolute Gasteiger partial charge is 0.478 e. The highest BCUT2D eigenvalue weighted by molar-refractivity contribution is 5.92. The fraction of sp³-hybridized carbons (Fsp3) is 0.0909. The molecule has 0 saturated heterocycles. The third kappa shape index (κ3) is 7.14. The first-order valence-corrected chi connectivity index (χ1v) is 4.45. The van der Waals surface area contributed by atoms with Crippen molar-refractivity contribution in [3.63, 3.8) is 0 Å². The molecular formula is C11H14N2O3. The summed E-state index contributed by atoms with van der Waals surface area (Å²) in [6, 6.07) is 8.76. The molecule has 1 aromatic carbocycles. The molecule has 86 valence electrons. The number of hydrogen-bond acceptors (Lipinski definition) is 3. The predicted octanol–water partition coefficient (Wildman–Crippen LogP) is 0.719. The lowest BCUT2D eigenvalue weighted by Gasteiger charge is -1.89. The Morgan fingerprint density at radius 1 is 1.19 bits per heavy atom. The molecule has 0 aliphatic heterocycles. The van der Waals surface area contributed by atoms with E-state index in [9.17, 15) is 9.59 Å². The van der Waals surface area contributed by atoms with E-state index in [4.69, 9.17) is 16.6 Å². The molecule has 0 spiro atoms. The van der Waals surface area contributed by atoms with E-state index in [2.05, 4.69) is 0 Å². The van der Waals surface area contributed by atoms with Crippen molar-refractivity contribution in [3.8, 4) is 0 Å². The van der Waals surface area contributed by atoms with Crippen LogP contribution in [0.15, 0.2) is 42.1 Å². The van der Waals surface area contributed by atoms with Gasteiger partial charge in [0.15, 0.2) is 0 Å². The van der Waals surface area contributed by atoms with Gasteiger partial charge in [0.2, 0.25) is 5.91 Å². The fourth-order valence-corrected chi connectivity index (χ4v) is 0.797. The molecule has 0 radical (unpaired) electrons. The Morgan fingerprint density at radius 2 is 1.69 bits per heavy atom. The van der Waals surface area contributed by atoms with E-state index >= 15 is 0 Å². The summed E-state index contributed by atoms with van der Waals surface area (Å²) >= 11 is 0. The first-order valence-electron chi connectivity index (χ1n) is 4.45. The van der Waals surface area contributed by atoms with Gasteiger partial charge in [0.05, 0.1) is 0 Å². The van der Waals surface area contributed by atoms with Crippen LogP contribution in [0.4, 0.5) is 0 Å². The molecule has 5 N–H and O–H groups in total. The zero-order chi connectivity index (χ0) is 12.6. The molecule has 0 aliphatic rings. The Kier molecular flexibility index (Phi) is 6.04. The Balaban J connectivity index is 0.000000293. The van der Waals surface area contributed by atoms with E-state index in [1.165, 1.54) is 6.92 Å². The molecule has 0 unspecified atom stereocenters. The van der Waals surface area contributed by atoms with Gasteiger partial charge in [-0.05, 0) is 19.1 Å². The summed E-state index contributed by atoms with van der Waals surface area (Å²) < 4.78 is 0. The summed E-state index contributed by atoms with van der Waals surface area (Å²) in [5.74, 6) is -1.38. The van der Waals surface area contributed by atoms with Crippen LogP contribution in [-0.4, -0.2) is 17.0 Å². The smallest absolute Gasteiger partial charge is 0.330 e. The van der Waals surface area contributed by atoms with Crippen LogP contribution < -0.4 is 11.5 Å². The summed E-state index contributed by atoms with van der Waals surface area (Å²) in [6.45, 7) is 1.52. The highest BCUT2D eigenvalue weighted by Crippen LogP contribution is 1.94. The van der Waals surface area contributed by atoms with Crippen molar-refractivity contribution in [2.45, 2.75) is 6.92 Å². The zero-order valence-corrected chi connectivity index (χ0v) is 8.88. The van der Waals surface area contributed by atoms with Crippen LogP contribution in [0, 0.1) is 0 Å². The monoisotopic (exact) mass is 222 g/mol. The van der Waals surface area contributed by atoms with Crippen molar-refractivity contribution >= 4 is 11.9 Å². The van der Waals surface area contributed by atoms with Gasteiger partial charge in [-0.1, -0.05) is 18.2 Å². The lowest BCUT2D eigenvalue weighted by Crippen LogP contribution is -2.09. The maximum Gasteiger partial charge on any atom is 0.330 e. The minimum Gasteiger partial charge on any atom is -0.478 e. The van der Waals surface area contributed by atoms with Crippen LogP contribution >= 0.6 is 0 Å². The molecule has 16 heavy (non-hydrogen) atoms. The first kappa shape index (κ1) is 13.7. The number of aliphatic carboxylic acids is 1. The molecule has 1 rings (SSSR count). The number of nitrogens with two attached hydrogens (primary N) is 2.